The summed E-state index contributed by atoms with van der Waals surface area (Å²) in [5, 5.41) is 2.61. The lowest BCUT2D eigenvalue weighted by molar-refractivity contribution is -0.131. The van der Waals surface area contributed by atoms with Gasteiger partial charge in [-0.15, -0.1) is 0 Å². The molecule has 2 aliphatic heterocycles. The molecular formula is C14H27N3O5S. The number of carbonyl (C=O) groups excluding carboxylic acids is 1. The van der Waals surface area contributed by atoms with Gasteiger partial charge >= 0.3 is 0 Å². The fraction of sp³-hybridized carbons (Fsp3) is 0.929. The van der Waals surface area contributed by atoms with Crippen LogP contribution in [-0.4, -0.2) is 64.6 Å². The Morgan fingerprint density at radius 3 is 2.65 bits per heavy atom. The Morgan fingerprint density at radius 1 is 1.17 bits per heavy atom. The Bertz CT molecular complexity index is 479. The SMILES string of the molecule is NC[C@H]1CC[C@@H](C(=O)NCCS(=O)(=O)NCC2CCCCO2)O1. The molecule has 2 saturated heterocycles. The van der Waals surface area contributed by atoms with Crippen molar-refractivity contribution in [2.75, 3.05) is 32.0 Å². The topological polar surface area (TPSA) is 120 Å². The van der Waals surface area contributed by atoms with E-state index in [1.165, 1.54) is 0 Å². The molecule has 0 spiro atoms. The van der Waals surface area contributed by atoms with Crippen molar-refractivity contribution in [1.82, 2.24) is 10.0 Å². The van der Waals surface area contributed by atoms with Crippen LogP contribution in [-0.2, 0) is 24.3 Å². The van der Waals surface area contributed by atoms with E-state index >= 15 is 0 Å². The molecule has 0 aromatic heterocycles. The highest BCUT2D eigenvalue weighted by atomic mass is 32.2. The Hall–Kier alpha value is -0.740. The summed E-state index contributed by atoms with van der Waals surface area (Å²) in [5.74, 6) is -0.426. The third-order valence-corrected chi connectivity index (χ3v) is 5.49. The quantitative estimate of drug-likeness (QED) is 0.522. The average Bonchev–Trinajstić information content (AvgIpc) is 3.03. The molecule has 0 saturated carbocycles. The molecule has 0 bridgehead atoms. The molecule has 0 radical (unpaired) electrons. The van der Waals surface area contributed by atoms with Crippen LogP contribution in [0.5, 0.6) is 0 Å². The largest absolute Gasteiger partial charge is 0.377 e. The zero-order valence-corrected chi connectivity index (χ0v) is 14.1. The maximum atomic E-state index is 11.9. The fourth-order valence-corrected chi connectivity index (χ4v) is 3.71. The van der Waals surface area contributed by atoms with Gasteiger partial charge in [-0.05, 0) is 32.1 Å². The molecule has 1 unspecified atom stereocenters. The van der Waals surface area contributed by atoms with Gasteiger partial charge in [-0.1, -0.05) is 0 Å². The van der Waals surface area contributed by atoms with Crippen molar-refractivity contribution < 1.29 is 22.7 Å². The van der Waals surface area contributed by atoms with Crippen molar-refractivity contribution in [2.45, 2.75) is 50.4 Å². The Kier molecular flexibility index (Phi) is 7.22. The summed E-state index contributed by atoms with van der Waals surface area (Å²) in [4.78, 5) is 11.9. The predicted octanol–water partition coefficient (Wildman–Crippen LogP) is -0.903. The van der Waals surface area contributed by atoms with E-state index in [-0.39, 0.29) is 30.4 Å². The minimum Gasteiger partial charge on any atom is -0.377 e. The van der Waals surface area contributed by atoms with E-state index in [0.717, 1.165) is 25.7 Å². The van der Waals surface area contributed by atoms with E-state index in [2.05, 4.69) is 10.0 Å². The van der Waals surface area contributed by atoms with Crippen LogP contribution in [0.25, 0.3) is 0 Å². The van der Waals surface area contributed by atoms with Crippen molar-refractivity contribution in [3.8, 4) is 0 Å². The summed E-state index contributed by atoms with van der Waals surface area (Å²) in [6, 6.07) is 0. The molecule has 1 amide bonds. The molecule has 0 aromatic carbocycles. The van der Waals surface area contributed by atoms with E-state index in [4.69, 9.17) is 15.2 Å². The summed E-state index contributed by atoms with van der Waals surface area (Å²) in [6.45, 7) is 1.44. The number of sulfonamides is 1. The van der Waals surface area contributed by atoms with Gasteiger partial charge in [0.15, 0.2) is 0 Å². The third kappa shape index (κ3) is 6.34. The number of nitrogens with one attached hydrogen (secondary N) is 2. The molecule has 0 aliphatic carbocycles. The van der Waals surface area contributed by atoms with Crippen LogP contribution < -0.4 is 15.8 Å². The number of amides is 1. The van der Waals surface area contributed by atoms with Crippen molar-refractivity contribution in [3.63, 3.8) is 0 Å². The van der Waals surface area contributed by atoms with Crippen LogP contribution in [0, 0.1) is 0 Å². The normalized spacial score (nSPS) is 28.7. The monoisotopic (exact) mass is 349 g/mol. The number of hydrogen-bond donors (Lipinski definition) is 3. The smallest absolute Gasteiger partial charge is 0.249 e. The lowest BCUT2D eigenvalue weighted by Gasteiger charge is -2.22. The first-order valence-corrected chi connectivity index (χ1v) is 9.87. The Labute approximate surface area is 137 Å². The number of hydrogen-bond acceptors (Lipinski definition) is 6. The minimum absolute atomic E-state index is 0.0480. The maximum Gasteiger partial charge on any atom is 0.249 e. The van der Waals surface area contributed by atoms with Crippen LogP contribution in [0.15, 0.2) is 0 Å². The van der Waals surface area contributed by atoms with Gasteiger partial charge in [-0.3, -0.25) is 4.79 Å². The minimum atomic E-state index is -3.42. The first kappa shape index (κ1) is 18.6. The number of nitrogens with two attached hydrogens (primary N) is 1. The fourth-order valence-electron chi connectivity index (χ4n) is 2.75. The van der Waals surface area contributed by atoms with Gasteiger partial charge < -0.3 is 20.5 Å². The van der Waals surface area contributed by atoms with Crippen molar-refractivity contribution >= 4 is 15.9 Å². The van der Waals surface area contributed by atoms with Gasteiger partial charge in [-0.2, -0.15) is 0 Å². The third-order valence-electron chi connectivity index (χ3n) is 4.14. The standard InChI is InChI=1S/C14H27N3O5S/c15-9-11-4-5-13(22-11)14(18)16-6-8-23(19,20)17-10-12-3-1-2-7-21-12/h11-13,17H,1-10,15H2,(H,16,18)/t11-,12?,13+/m1/s1. The van der Waals surface area contributed by atoms with Crippen molar-refractivity contribution in [2.24, 2.45) is 5.73 Å². The number of ether oxygens (including phenoxy) is 2. The molecule has 0 aromatic rings. The van der Waals surface area contributed by atoms with Crippen molar-refractivity contribution in [3.05, 3.63) is 0 Å². The van der Waals surface area contributed by atoms with E-state index < -0.39 is 16.1 Å². The zero-order valence-electron chi connectivity index (χ0n) is 13.3. The first-order valence-electron chi connectivity index (χ1n) is 8.22. The lowest BCUT2D eigenvalue weighted by Crippen LogP contribution is -2.41. The highest BCUT2D eigenvalue weighted by Crippen LogP contribution is 2.18. The van der Waals surface area contributed by atoms with E-state index in [1.54, 1.807) is 0 Å². The molecule has 9 heteroatoms. The van der Waals surface area contributed by atoms with E-state index in [0.29, 0.717) is 26.1 Å². The summed E-state index contributed by atoms with van der Waals surface area (Å²) in [6.07, 6.45) is 3.71. The number of carbonyl (C=O) groups is 1. The Morgan fingerprint density at radius 2 is 2.00 bits per heavy atom. The van der Waals surface area contributed by atoms with E-state index in [9.17, 15) is 13.2 Å². The molecule has 4 N–H and O–H groups in total. The highest BCUT2D eigenvalue weighted by Gasteiger charge is 2.29. The van der Waals surface area contributed by atoms with Gasteiger partial charge in [-0.25, -0.2) is 13.1 Å². The molecule has 2 rings (SSSR count). The highest BCUT2D eigenvalue weighted by molar-refractivity contribution is 7.89. The summed E-state index contributed by atoms with van der Waals surface area (Å²) in [7, 11) is -3.42. The summed E-state index contributed by atoms with van der Waals surface area (Å²) >= 11 is 0. The van der Waals surface area contributed by atoms with Crippen LogP contribution >= 0.6 is 0 Å². The maximum absolute atomic E-state index is 11.9. The second-order valence-corrected chi connectivity index (χ2v) is 7.93. The van der Waals surface area contributed by atoms with Gasteiger partial charge in [0.05, 0.1) is 18.0 Å². The molecule has 8 nitrogen and oxygen atoms in total. The van der Waals surface area contributed by atoms with Crippen molar-refractivity contribution in [1.29, 1.82) is 0 Å². The van der Waals surface area contributed by atoms with Gasteiger partial charge in [0, 0.05) is 26.2 Å². The summed E-state index contributed by atoms with van der Waals surface area (Å²) < 4.78 is 37.3. The number of rotatable bonds is 8. The van der Waals surface area contributed by atoms with Crippen LogP contribution in [0.2, 0.25) is 0 Å². The van der Waals surface area contributed by atoms with Crippen LogP contribution in [0.4, 0.5) is 0 Å². The van der Waals surface area contributed by atoms with Gasteiger partial charge in [0.1, 0.15) is 6.10 Å². The average molecular weight is 349 g/mol. The molecule has 2 fully saturated rings. The van der Waals surface area contributed by atoms with E-state index in [1.807, 2.05) is 0 Å². The first-order chi connectivity index (χ1) is 11.0. The predicted molar refractivity (Wildman–Crippen MR) is 85.3 cm³/mol. The molecule has 2 heterocycles. The molecule has 3 atom stereocenters. The molecular weight excluding hydrogens is 322 g/mol. The molecule has 23 heavy (non-hydrogen) atoms. The lowest BCUT2D eigenvalue weighted by atomic mass is 10.1. The second-order valence-electron chi connectivity index (χ2n) is 6.01. The molecule has 134 valence electrons. The van der Waals surface area contributed by atoms with Crippen LogP contribution in [0.3, 0.4) is 0 Å². The zero-order chi connectivity index (χ0) is 16.7. The van der Waals surface area contributed by atoms with Gasteiger partial charge in [0.2, 0.25) is 15.9 Å². The van der Waals surface area contributed by atoms with Crippen LogP contribution in [0.1, 0.15) is 32.1 Å². The summed E-state index contributed by atoms with van der Waals surface area (Å²) in [5.41, 5.74) is 5.49. The second kappa shape index (κ2) is 8.93. The molecule has 2 aliphatic rings. The van der Waals surface area contributed by atoms with Gasteiger partial charge in [0.25, 0.3) is 0 Å². The Balaban J connectivity index is 1.63.